The van der Waals surface area contributed by atoms with Gasteiger partial charge in [0.15, 0.2) is 0 Å². The lowest BCUT2D eigenvalue weighted by molar-refractivity contribution is -0.117. The van der Waals surface area contributed by atoms with Crippen molar-refractivity contribution in [1.29, 1.82) is 0 Å². The monoisotopic (exact) mass is 289 g/mol. The molecule has 1 aromatic carbocycles. The minimum atomic E-state index is -0.662. The fourth-order valence-electron chi connectivity index (χ4n) is 1.83. The van der Waals surface area contributed by atoms with E-state index >= 15 is 0 Å². The summed E-state index contributed by atoms with van der Waals surface area (Å²) < 4.78 is 26.0. The zero-order chi connectivity index (χ0) is 11.7. The zero-order valence-electron chi connectivity index (χ0n) is 8.42. The first-order chi connectivity index (χ1) is 7.60. The molecule has 0 aliphatic carbocycles. The summed E-state index contributed by atoms with van der Waals surface area (Å²) in [5, 5.41) is 0.715. The number of halogens is 3. The number of hydrogen-bond donors (Lipinski definition) is 0. The molecule has 0 saturated carbocycles. The van der Waals surface area contributed by atoms with Gasteiger partial charge in [0.25, 0.3) is 0 Å². The van der Waals surface area contributed by atoms with Crippen LogP contribution in [0, 0.1) is 17.6 Å². The van der Waals surface area contributed by atoms with E-state index in [1.54, 1.807) is 0 Å². The third-order valence-electron chi connectivity index (χ3n) is 2.58. The summed E-state index contributed by atoms with van der Waals surface area (Å²) in [7, 11) is 0. The molecule has 0 bridgehead atoms. The molecule has 2 nitrogen and oxygen atoms in total. The molecule has 86 valence electrons. The van der Waals surface area contributed by atoms with Gasteiger partial charge in [0, 0.05) is 30.0 Å². The molecule has 5 heteroatoms. The van der Waals surface area contributed by atoms with Crippen LogP contribution in [0.2, 0.25) is 0 Å². The minimum Gasteiger partial charge on any atom is -0.312 e. The van der Waals surface area contributed by atoms with Crippen molar-refractivity contribution >= 4 is 27.5 Å². The van der Waals surface area contributed by atoms with Crippen molar-refractivity contribution in [2.75, 3.05) is 16.8 Å². The average Bonchev–Trinajstić information content (AvgIpc) is 2.58. The zero-order valence-corrected chi connectivity index (χ0v) is 10.0. The highest BCUT2D eigenvalue weighted by Crippen LogP contribution is 2.27. The number of carbonyl (C=O) groups excluding carboxylic acids is 1. The van der Waals surface area contributed by atoms with Crippen LogP contribution < -0.4 is 4.90 Å². The van der Waals surface area contributed by atoms with Gasteiger partial charge in [-0.3, -0.25) is 4.79 Å². The summed E-state index contributed by atoms with van der Waals surface area (Å²) in [6.07, 6.45) is 0.420. The molecule has 0 aromatic heterocycles. The molecule has 1 aliphatic rings. The summed E-state index contributed by atoms with van der Waals surface area (Å²) in [5.74, 6) is -1.21. The molecule has 0 spiro atoms. The molecular weight excluding hydrogens is 280 g/mol. The topological polar surface area (TPSA) is 20.3 Å². The third-order valence-corrected chi connectivity index (χ3v) is 3.50. The smallest absolute Gasteiger partial charge is 0.227 e. The number of benzene rings is 1. The average molecular weight is 290 g/mol. The van der Waals surface area contributed by atoms with Gasteiger partial charge in [-0.25, -0.2) is 8.78 Å². The van der Waals surface area contributed by atoms with Gasteiger partial charge < -0.3 is 4.90 Å². The van der Waals surface area contributed by atoms with E-state index in [1.165, 1.54) is 17.0 Å². The first kappa shape index (κ1) is 11.5. The Morgan fingerprint density at radius 1 is 1.31 bits per heavy atom. The quantitative estimate of drug-likeness (QED) is 0.767. The van der Waals surface area contributed by atoms with Gasteiger partial charge in [-0.1, -0.05) is 15.9 Å². The SMILES string of the molecule is O=C1CC(CBr)CN1c1cc(F)cc(F)c1. The molecule has 1 aliphatic heterocycles. The Morgan fingerprint density at radius 2 is 1.94 bits per heavy atom. The standard InChI is InChI=1S/C11H10BrF2NO/c12-5-7-1-11(16)15(6-7)10-3-8(13)2-9(14)4-10/h2-4,7H,1,5-6H2. The molecule has 1 unspecified atom stereocenters. The number of hydrogen-bond acceptors (Lipinski definition) is 1. The van der Waals surface area contributed by atoms with Crippen molar-refractivity contribution in [2.45, 2.75) is 6.42 Å². The molecule has 1 aromatic rings. The van der Waals surface area contributed by atoms with Crippen molar-refractivity contribution in [3.8, 4) is 0 Å². The molecule has 1 atom stereocenters. The van der Waals surface area contributed by atoms with E-state index in [0.29, 0.717) is 24.0 Å². The van der Waals surface area contributed by atoms with E-state index in [4.69, 9.17) is 0 Å². The summed E-state index contributed by atoms with van der Waals surface area (Å²) in [4.78, 5) is 13.1. The fraction of sp³-hybridized carbons (Fsp3) is 0.364. The van der Waals surface area contributed by atoms with Crippen molar-refractivity contribution in [3.63, 3.8) is 0 Å². The molecule has 1 fully saturated rings. The second-order valence-electron chi connectivity index (χ2n) is 3.86. The van der Waals surface area contributed by atoms with Crippen LogP contribution in [0.5, 0.6) is 0 Å². The first-order valence-electron chi connectivity index (χ1n) is 4.92. The molecule has 0 radical (unpaired) electrons. The van der Waals surface area contributed by atoms with Crippen LogP contribution in [0.15, 0.2) is 18.2 Å². The maximum absolute atomic E-state index is 13.0. The second kappa shape index (κ2) is 4.49. The lowest BCUT2D eigenvalue weighted by Gasteiger charge is -2.16. The largest absolute Gasteiger partial charge is 0.312 e. The molecule has 1 amide bonds. The molecular formula is C11H10BrF2NO. The lowest BCUT2D eigenvalue weighted by atomic mass is 10.2. The van der Waals surface area contributed by atoms with Crippen molar-refractivity contribution in [3.05, 3.63) is 29.8 Å². The minimum absolute atomic E-state index is 0.0885. The van der Waals surface area contributed by atoms with Gasteiger partial charge in [0.2, 0.25) is 5.91 Å². The number of amides is 1. The van der Waals surface area contributed by atoms with E-state index in [2.05, 4.69) is 15.9 Å². The van der Waals surface area contributed by atoms with E-state index in [0.717, 1.165) is 6.07 Å². The van der Waals surface area contributed by atoms with E-state index in [9.17, 15) is 13.6 Å². The number of nitrogens with zero attached hydrogens (tertiary/aromatic N) is 1. The Labute approximate surface area is 100 Å². The molecule has 1 heterocycles. The lowest BCUT2D eigenvalue weighted by Crippen LogP contribution is -2.24. The van der Waals surface area contributed by atoms with Gasteiger partial charge in [-0.2, -0.15) is 0 Å². The Morgan fingerprint density at radius 3 is 2.44 bits per heavy atom. The second-order valence-corrected chi connectivity index (χ2v) is 4.50. The summed E-state index contributed by atoms with van der Waals surface area (Å²) in [6.45, 7) is 0.507. The van der Waals surface area contributed by atoms with Crippen LogP contribution in [-0.2, 0) is 4.79 Å². The Balaban J connectivity index is 2.27. The predicted molar refractivity (Wildman–Crippen MR) is 60.6 cm³/mol. The Bertz CT molecular complexity index is 404. The third kappa shape index (κ3) is 2.24. The number of rotatable bonds is 2. The summed E-state index contributed by atoms with van der Waals surface area (Å²) in [6, 6.07) is 3.15. The highest BCUT2D eigenvalue weighted by atomic mass is 79.9. The Kier molecular flexibility index (Phi) is 3.23. The van der Waals surface area contributed by atoms with Gasteiger partial charge in [0.05, 0.1) is 0 Å². The van der Waals surface area contributed by atoms with Gasteiger partial charge in [-0.15, -0.1) is 0 Å². The van der Waals surface area contributed by atoms with Gasteiger partial charge >= 0.3 is 0 Å². The van der Waals surface area contributed by atoms with Crippen LogP contribution in [0.4, 0.5) is 14.5 Å². The van der Waals surface area contributed by atoms with Crippen molar-refractivity contribution < 1.29 is 13.6 Å². The van der Waals surface area contributed by atoms with Crippen LogP contribution >= 0.6 is 15.9 Å². The van der Waals surface area contributed by atoms with Crippen molar-refractivity contribution in [1.82, 2.24) is 0 Å². The van der Waals surface area contributed by atoms with E-state index < -0.39 is 11.6 Å². The normalized spacial score (nSPS) is 20.6. The number of anilines is 1. The van der Waals surface area contributed by atoms with Crippen LogP contribution in [0.3, 0.4) is 0 Å². The highest BCUT2D eigenvalue weighted by Gasteiger charge is 2.30. The number of carbonyl (C=O) groups is 1. The first-order valence-corrected chi connectivity index (χ1v) is 6.04. The molecule has 0 N–H and O–H groups in total. The molecule has 16 heavy (non-hydrogen) atoms. The van der Waals surface area contributed by atoms with Gasteiger partial charge in [0.1, 0.15) is 11.6 Å². The Hall–Kier alpha value is -0.970. The highest BCUT2D eigenvalue weighted by molar-refractivity contribution is 9.09. The molecule has 2 rings (SSSR count). The fourth-order valence-corrected chi connectivity index (χ4v) is 2.26. The molecule has 1 saturated heterocycles. The van der Waals surface area contributed by atoms with Crippen LogP contribution in [0.1, 0.15) is 6.42 Å². The van der Waals surface area contributed by atoms with Crippen LogP contribution in [-0.4, -0.2) is 17.8 Å². The summed E-state index contributed by atoms with van der Waals surface area (Å²) >= 11 is 3.31. The van der Waals surface area contributed by atoms with E-state index in [-0.39, 0.29) is 11.8 Å². The number of alkyl halides is 1. The maximum Gasteiger partial charge on any atom is 0.227 e. The van der Waals surface area contributed by atoms with Gasteiger partial charge in [-0.05, 0) is 18.1 Å². The van der Waals surface area contributed by atoms with Crippen LogP contribution in [0.25, 0.3) is 0 Å². The van der Waals surface area contributed by atoms with Crippen molar-refractivity contribution in [2.24, 2.45) is 5.92 Å². The maximum atomic E-state index is 13.0. The predicted octanol–water partition coefficient (Wildman–Crippen LogP) is 2.71. The van der Waals surface area contributed by atoms with E-state index in [1.807, 2.05) is 0 Å². The summed E-state index contributed by atoms with van der Waals surface area (Å²) in [5.41, 5.74) is 0.297.